The van der Waals surface area contributed by atoms with Gasteiger partial charge in [0.15, 0.2) is 0 Å². The molecule has 6 N–H and O–H groups in total. The summed E-state index contributed by atoms with van der Waals surface area (Å²) in [5.74, 6) is -2.89. The van der Waals surface area contributed by atoms with Crippen molar-refractivity contribution in [2.24, 2.45) is 5.73 Å². The molecule has 0 rings (SSSR count). The van der Waals surface area contributed by atoms with Gasteiger partial charge in [0.2, 0.25) is 11.8 Å². The van der Waals surface area contributed by atoms with E-state index in [1.807, 2.05) is 0 Å². The second kappa shape index (κ2) is 11.4. The number of amides is 2. The minimum Gasteiger partial charge on any atom is -0.481 e. The fourth-order valence-electron chi connectivity index (χ4n) is 1.78. The van der Waals surface area contributed by atoms with Crippen molar-refractivity contribution in [1.29, 1.82) is 0 Å². The highest BCUT2D eigenvalue weighted by molar-refractivity contribution is 5.87. The molecule has 0 bridgehead atoms. The van der Waals surface area contributed by atoms with Crippen molar-refractivity contribution >= 4 is 23.8 Å². The second-order valence-corrected chi connectivity index (χ2v) is 5.14. The topological polar surface area (TPSA) is 159 Å². The number of rotatable bonds is 12. The predicted molar refractivity (Wildman–Crippen MR) is 81.6 cm³/mol. The lowest BCUT2D eigenvalue weighted by Crippen LogP contribution is -2.47. The first-order chi connectivity index (χ1) is 10.8. The number of unbranched alkanes of at least 4 members (excludes halogenated alkanes) is 1. The number of hydrogen-bond donors (Lipinski definition) is 5. The van der Waals surface area contributed by atoms with E-state index in [0.29, 0.717) is 25.8 Å². The molecule has 0 saturated carbocycles. The monoisotopic (exact) mass is 331 g/mol. The Morgan fingerprint density at radius 3 is 2.26 bits per heavy atom. The van der Waals surface area contributed by atoms with Crippen molar-refractivity contribution in [2.75, 3.05) is 6.54 Å². The Labute approximate surface area is 134 Å². The van der Waals surface area contributed by atoms with Gasteiger partial charge >= 0.3 is 11.9 Å². The number of carboxylic acids is 2. The molecule has 0 aromatic rings. The lowest BCUT2D eigenvalue weighted by atomic mass is 10.1. The van der Waals surface area contributed by atoms with Gasteiger partial charge in [0.25, 0.3) is 0 Å². The molecular weight excluding hydrogens is 306 g/mol. The maximum atomic E-state index is 12.0. The van der Waals surface area contributed by atoms with Crippen LogP contribution in [0.4, 0.5) is 0 Å². The maximum Gasteiger partial charge on any atom is 0.320 e. The Bertz CT molecular complexity index is 427. The number of carbonyl (C=O) groups is 4. The summed E-state index contributed by atoms with van der Waals surface area (Å²) in [5.41, 5.74) is 5.35. The summed E-state index contributed by atoms with van der Waals surface area (Å²) >= 11 is 0. The SMILES string of the molecule is CCC(=O)NC(CCC(=O)O)C(=O)NCCCCC(N)C(=O)O. The molecule has 0 aromatic heterocycles. The van der Waals surface area contributed by atoms with Crippen LogP contribution in [0.5, 0.6) is 0 Å². The molecule has 2 unspecified atom stereocenters. The number of aliphatic carboxylic acids is 2. The van der Waals surface area contributed by atoms with E-state index in [1.54, 1.807) is 6.92 Å². The number of nitrogens with one attached hydrogen (secondary N) is 2. The standard InChI is InChI=1S/C14H25N3O6/c1-2-11(18)17-10(6-7-12(19)20)13(21)16-8-4-3-5-9(15)14(22)23/h9-10H,2-8,15H2,1H3,(H,16,21)(H,17,18)(H,19,20)(H,22,23). The Balaban J connectivity index is 4.18. The zero-order valence-electron chi connectivity index (χ0n) is 13.2. The van der Waals surface area contributed by atoms with Crippen LogP contribution in [-0.2, 0) is 19.2 Å². The highest BCUT2D eigenvalue weighted by Crippen LogP contribution is 2.01. The third-order valence-electron chi connectivity index (χ3n) is 3.18. The normalized spacial score (nSPS) is 13.0. The molecule has 0 spiro atoms. The van der Waals surface area contributed by atoms with E-state index in [9.17, 15) is 19.2 Å². The van der Waals surface area contributed by atoms with Crippen molar-refractivity contribution in [1.82, 2.24) is 10.6 Å². The van der Waals surface area contributed by atoms with Gasteiger partial charge in [-0.1, -0.05) is 6.92 Å². The van der Waals surface area contributed by atoms with E-state index in [1.165, 1.54) is 0 Å². The molecule has 23 heavy (non-hydrogen) atoms. The number of nitrogens with two attached hydrogens (primary N) is 1. The van der Waals surface area contributed by atoms with Crippen molar-refractivity contribution in [3.05, 3.63) is 0 Å². The largest absolute Gasteiger partial charge is 0.481 e. The summed E-state index contributed by atoms with van der Waals surface area (Å²) in [6, 6.07) is -1.81. The highest BCUT2D eigenvalue weighted by Gasteiger charge is 2.20. The lowest BCUT2D eigenvalue weighted by Gasteiger charge is -2.17. The van der Waals surface area contributed by atoms with Gasteiger partial charge in [-0.25, -0.2) is 0 Å². The summed E-state index contributed by atoms with van der Waals surface area (Å²) in [5, 5.41) is 22.4. The molecule has 0 aliphatic rings. The van der Waals surface area contributed by atoms with Crippen molar-refractivity contribution in [3.63, 3.8) is 0 Å². The van der Waals surface area contributed by atoms with Gasteiger partial charge < -0.3 is 26.6 Å². The predicted octanol–water partition coefficient (Wildman–Crippen LogP) is -0.556. The Morgan fingerprint density at radius 2 is 1.74 bits per heavy atom. The van der Waals surface area contributed by atoms with Crippen molar-refractivity contribution < 1.29 is 29.4 Å². The molecule has 2 atom stereocenters. The summed E-state index contributed by atoms with van der Waals surface area (Å²) in [4.78, 5) is 44.5. The lowest BCUT2D eigenvalue weighted by molar-refractivity contribution is -0.139. The molecule has 0 radical (unpaired) electrons. The summed E-state index contributed by atoms with van der Waals surface area (Å²) in [6.07, 6.45) is 1.37. The van der Waals surface area contributed by atoms with Crippen LogP contribution in [0.3, 0.4) is 0 Å². The Morgan fingerprint density at radius 1 is 1.09 bits per heavy atom. The molecule has 0 aliphatic carbocycles. The minimum atomic E-state index is -1.06. The third kappa shape index (κ3) is 10.2. The van der Waals surface area contributed by atoms with E-state index in [-0.39, 0.29) is 25.2 Å². The summed E-state index contributed by atoms with van der Waals surface area (Å²) in [6.45, 7) is 1.93. The van der Waals surface area contributed by atoms with Gasteiger partial charge in [-0.05, 0) is 25.7 Å². The van der Waals surface area contributed by atoms with Gasteiger partial charge in [-0.15, -0.1) is 0 Å². The van der Waals surface area contributed by atoms with Crippen molar-refractivity contribution in [2.45, 2.75) is 57.5 Å². The zero-order valence-corrected chi connectivity index (χ0v) is 13.2. The highest BCUT2D eigenvalue weighted by atomic mass is 16.4. The molecule has 9 nitrogen and oxygen atoms in total. The molecular formula is C14H25N3O6. The van der Waals surface area contributed by atoms with Gasteiger partial charge in [0.1, 0.15) is 12.1 Å². The maximum absolute atomic E-state index is 12.0. The summed E-state index contributed by atoms with van der Waals surface area (Å²) < 4.78 is 0. The number of carbonyl (C=O) groups excluding carboxylic acids is 2. The molecule has 132 valence electrons. The number of hydrogen-bond acceptors (Lipinski definition) is 5. The average molecular weight is 331 g/mol. The number of carboxylic acid groups (broad SMARTS) is 2. The van der Waals surface area contributed by atoms with Crippen LogP contribution in [-0.4, -0.2) is 52.6 Å². The zero-order chi connectivity index (χ0) is 17.8. The van der Waals surface area contributed by atoms with E-state index in [0.717, 1.165) is 0 Å². The molecule has 0 heterocycles. The molecule has 0 aliphatic heterocycles. The van der Waals surface area contributed by atoms with Crippen LogP contribution in [0, 0.1) is 0 Å². The van der Waals surface area contributed by atoms with Crippen LogP contribution >= 0.6 is 0 Å². The van der Waals surface area contributed by atoms with Gasteiger partial charge in [-0.2, -0.15) is 0 Å². The van der Waals surface area contributed by atoms with Crippen LogP contribution < -0.4 is 16.4 Å². The van der Waals surface area contributed by atoms with Gasteiger partial charge in [0.05, 0.1) is 0 Å². The quantitative estimate of drug-likeness (QED) is 0.300. The van der Waals surface area contributed by atoms with Crippen LogP contribution in [0.25, 0.3) is 0 Å². The fraction of sp³-hybridized carbons (Fsp3) is 0.714. The Hall–Kier alpha value is -2.16. The summed E-state index contributed by atoms with van der Waals surface area (Å²) in [7, 11) is 0. The van der Waals surface area contributed by atoms with E-state index < -0.39 is 29.9 Å². The second-order valence-electron chi connectivity index (χ2n) is 5.14. The molecule has 0 saturated heterocycles. The van der Waals surface area contributed by atoms with E-state index >= 15 is 0 Å². The first kappa shape index (κ1) is 20.8. The van der Waals surface area contributed by atoms with Gasteiger partial charge in [-0.3, -0.25) is 19.2 Å². The Kier molecular flexibility index (Phi) is 10.3. The molecule has 2 amide bonds. The third-order valence-corrected chi connectivity index (χ3v) is 3.18. The molecule has 9 heteroatoms. The minimum absolute atomic E-state index is 0.0107. The van der Waals surface area contributed by atoms with Crippen LogP contribution in [0.2, 0.25) is 0 Å². The first-order valence-corrected chi connectivity index (χ1v) is 7.55. The van der Waals surface area contributed by atoms with Crippen LogP contribution in [0.15, 0.2) is 0 Å². The smallest absolute Gasteiger partial charge is 0.320 e. The van der Waals surface area contributed by atoms with Crippen molar-refractivity contribution in [3.8, 4) is 0 Å². The average Bonchev–Trinajstić information content (AvgIpc) is 2.49. The van der Waals surface area contributed by atoms with Crippen LogP contribution in [0.1, 0.15) is 45.4 Å². The molecule has 0 aromatic carbocycles. The van der Waals surface area contributed by atoms with E-state index in [2.05, 4.69) is 10.6 Å². The fourth-order valence-corrected chi connectivity index (χ4v) is 1.78. The van der Waals surface area contributed by atoms with E-state index in [4.69, 9.17) is 15.9 Å². The van der Waals surface area contributed by atoms with Gasteiger partial charge in [0, 0.05) is 19.4 Å². The first-order valence-electron chi connectivity index (χ1n) is 7.55. The molecule has 0 fully saturated rings.